The maximum Gasteiger partial charge on any atom is 0.222 e. The van der Waals surface area contributed by atoms with E-state index in [0.717, 1.165) is 19.3 Å². The van der Waals surface area contributed by atoms with Gasteiger partial charge in [0.1, 0.15) is 7.05 Å². The van der Waals surface area contributed by atoms with Crippen molar-refractivity contribution in [2.75, 3.05) is 0 Å². The fraction of sp³-hybridized carbons (Fsp3) is 0.439. The number of aromatic nitrogens is 1. The van der Waals surface area contributed by atoms with Crippen molar-refractivity contribution in [1.82, 2.24) is 0 Å². The molecule has 0 radical (unpaired) electrons. The highest BCUT2D eigenvalue weighted by atomic mass is 32.2. The molecular weight excluding hydrogens is 539 g/mol. The van der Waals surface area contributed by atoms with Crippen molar-refractivity contribution >= 4 is 44.1 Å². The van der Waals surface area contributed by atoms with E-state index in [1.165, 1.54) is 81.2 Å². The average molecular weight is 589 g/mol. The summed E-state index contributed by atoms with van der Waals surface area (Å²) in [5.41, 5.74) is 10.6. The van der Waals surface area contributed by atoms with Crippen molar-refractivity contribution in [3.63, 3.8) is 0 Å². The molecule has 0 aliphatic carbocycles. The Morgan fingerprint density at radius 2 is 1.33 bits per heavy atom. The standard InChI is InChI=1S/C41H50NS/c1-24-17-27(22-40(6,7)8)31-20-34-36-29(32(31)18-24)15-16-42(12)37(36)35-25(2)30-19-26(21-39(3,4)5)13-14-28(30)33(38(35)43-34)23-41(9,10)11/h13-20H,21-23H2,1-12H3/q+1. The van der Waals surface area contributed by atoms with E-state index in [2.05, 4.69) is 136 Å². The first-order valence-electron chi connectivity index (χ1n) is 16.1. The number of hydrogen-bond donors (Lipinski definition) is 0. The summed E-state index contributed by atoms with van der Waals surface area (Å²) in [4.78, 5) is 2.86. The summed E-state index contributed by atoms with van der Waals surface area (Å²) in [5, 5.41) is 8.46. The Bertz CT molecular complexity index is 1940. The highest BCUT2D eigenvalue weighted by molar-refractivity contribution is 8.00. The second-order valence-corrected chi connectivity index (χ2v) is 18.0. The molecule has 5 aromatic rings. The topological polar surface area (TPSA) is 3.88 Å². The molecule has 1 aliphatic heterocycles. The van der Waals surface area contributed by atoms with Crippen molar-refractivity contribution in [3.05, 3.63) is 76.5 Å². The molecular formula is C41H50NS+. The number of hydrogen-bond acceptors (Lipinski definition) is 1. The van der Waals surface area contributed by atoms with Crippen molar-refractivity contribution in [3.8, 4) is 11.3 Å². The summed E-state index contributed by atoms with van der Waals surface area (Å²) >= 11 is 2.03. The van der Waals surface area contributed by atoms with E-state index in [1.807, 2.05) is 11.8 Å². The molecule has 6 rings (SSSR count). The van der Waals surface area contributed by atoms with Crippen LogP contribution in [-0.4, -0.2) is 0 Å². The first-order chi connectivity index (χ1) is 19.9. The molecule has 1 aliphatic rings. The van der Waals surface area contributed by atoms with Gasteiger partial charge in [-0.15, -0.1) is 0 Å². The second kappa shape index (κ2) is 10.1. The zero-order valence-corrected chi connectivity index (χ0v) is 29.4. The first-order valence-corrected chi connectivity index (χ1v) is 16.9. The average Bonchev–Trinajstić information content (AvgIpc) is 2.85. The largest absolute Gasteiger partial charge is 0.222 e. The van der Waals surface area contributed by atoms with Crippen molar-refractivity contribution in [2.45, 2.75) is 105 Å². The highest BCUT2D eigenvalue weighted by Crippen LogP contribution is 2.54. The van der Waals surface area contributed by atoms with Gasteiger partial charge in [-0.05, 0) is 99.2 Å². The lowest BCUT2D eigenvalue weighted by Gasteiger charge is -2.29. The van der Waals surface area contributed by atoms with E-state index in [4.69, 9.17) is 0 Å². The number of benzene rings is 4. The van der Waals surface area contributed by atoms with Gasteiger partial charge in [-0.25, -0.2) is 4.57 Å². The third-order valence-electron chi connectivity index (χ3n) is 8.85. The van der Waals surface area contributed by atoms with Gasteiger partial charge in [0.25, 0.3) is 0 Å². The van der Waals surface area contributed by atoms with E-state index < -0.39 is 0 Å². The monoisotopic (exact) mass is 588 g/mol. The molecule has 224 valence electrons. The Morgan fingerprint density at radius 1 is 0.651 bits per heavy atom. The van der Waals surface area contributed by atoms with Gasteiger partial charge in [0.2, 0.25) is 5.69 Å². The Labute approximate surface area is 264 Å². The van der Waals surface area contributed by atoms with Crippen LogP contribution in [0.25, 0.3) is 43.6 Å². The van der Waals surface area contributed by atoms with Gasteiger partial charge >= 0.3 is 0 Å². The summed E-state index contributed by atoms with van der Waals surface area (Å²) in [5.74, 6) is 0. The molecule has 0 spiro atoms. The normalized spacial score (nSPS) is 13.8. The van der Waals surface area contributed by atoms with Crippen molar-refractivity contribution < 1.29 is 4.57 Å². The molecule has 0 amide bonds. The van der Waals surface area contributed by atoms with Crippen LogP contribution in [0.4, 0.5) is 0 Å². The maximum absolute atomic E-state index is 2.53. The summed E-state index contributed by atoms with van der Waals surface area (Å²) in [6, 6.07) is 17.1. The number of aryl methyl sites for hydroxylation is 3. The van der Waals surface area contributed by atoms with Gasteiger partial charge in [-0.2, -0.15) is 0 Å². The summed E-state index contributed by atoms with van der Waals surface area (Å²) in [6.45, 7) is 25.9. The lowest BCUT2D eigenvalue weighted by atomic mass is 9.81. The van der Waals surface area contributed by atoms with Gasteiger partial charge in [-0.3, -0.25) is 0 Å². The molecule has 2 heterocycles. The van der Waals surface area contributed by atoms with E-state index >= 15 is 0 Å². The maximum atomic E-state index is 2.53. The molecule has 43 heavy (non-hydrogen) atoms. The van der Waals surface area contributed by atoms with Crippen LogP contribution >= 0.6 is 11.8 Å². The fourth-order valence-corrected chi connectivity index (χ4v) is 8.73. The summed E-state index contributed by atoms with van der Waals surface area (Å²) < 4.78 is 2.39. The Hall–Kier alpha value is -2.84. The summed E-state index contributed by atoms with van der Waals surface area (Å²) in [7, 11) is 2.24. The minimum Gasteiger partial charge on any atom is -0.200 e. The van der Waals surface area contributed by atoms with Crippen LogP contribution in [0, 0.1) is 30.1 Å². The Balaban J connectivity index is 1.74. The Kier molecular flexibility index (Phi) is 7.09. The van der Waals surface area contributed by atoms with Crippen LogP contribution in [0.15, 0.2) is 58.5 Å². The third-order valence-corrected chi connectivity index (χ3v) is 10.0. The number of fused-ring (bicyclic) bond motifs is 5. The van der Waals surface area contributed by atoms with Gasteiger partial charge < -0.3 is 0 Å². The highest BCUT2D eigenvalue weighted by Gasteiger charge is 2.34. The molecule has 0 bridgehead atoms. The summed E-state index contributed by atoms with van der Waals surface area (Å²) in [6.07, 6.45) is 5.50. The van der Waals surface area contributed by atoms with Crippen LogP contribution in [0.5, 0.6) is 0 Å². The van der Waals surface area contributed by atoms with E-state index in [1.54, 1.807) is 0 Å². The first kappa shape index (κ1) is 30.2. The van der Waals surface area contributed by atoms with E-state index in [0.29, 0.717) is 0 Å². The molecule has 2 heteroatoms. The molecule has 0 N–H and O–H groups in total. The van der Waals surface area contributed by atoms with Crippen molar-refractivity contribution in [2.24, 2.45) is 23.3 Å². The zero-order valence-electron chi connectivity index (χ0n) is 28.6. The fourth-order valence-electron chi connectivity index (χ4n) is 7.37. The minimum absolute atomic E-state index is 0.176. The number of nitrogens with zero attached hydrogens (tertiary/aromatic N) is 1. The third kappa shape index (κ3) is 5.61. The smallest absolute Gasteiger partial charge is 0.200 e. The van der Waals surface area contributed by atoms with E-state index in [9.17, 15) is 0 Å². The van der Waals surface area contributed by atoms with Crippen LogP contribution < -0.4 is 4.57 Å². The molecule has 1 nitrogen and oxygen atoms in total. The van der Waals surface area contributed by atoms with Gasteiger partial charge in [-0.1, -0.05) is 110 Å². The van der Waals surface area contributed by atoms with Crippen LogP contribution in [0.3, 0.4) is 0 Å². The van der Waals surface area contributed by atoms with Crippen LogP contribution in [0.1, 0.15) is 90.1 Å². The van der Waals surface area contributed by atoms with Crippen LogP contribution in [0.2, 0.25) is 0 Å². The van der Waals surface area contributed by atoms with E-state index in [-0.39, 0.29) is 16.2 Å². The lowest BCUT2D eigenvalue weighted by molar-refractivity contribution is -0.659. The Morgan fingerprint density at radius 3 is 1.98 bits per heavy atom. The van der Waals surface area contributed by atoms with Gasteiger partial charge in [0.05, 0.1) is 10.9 Å². The predicted octanol–water partition coefficient (Wildman–Crippen LogP) is 11.5. The molecule has 4 aromatic carbocycles. The van der Waals surface area contributed by atoms with Gasteiger partial charge in [0.15, 0.2) is 6.20 Å². The van der Waals surface area contributed by atoms with Crippen molar-refractivity contribution in [1.29, 1.82) is 0 Å². The van der Waals surface area contributed by atoms with Crippen LogP contribution in [-0.2, 0) is 26.3 Å². The molecule has 0 saturated carbocycles. The predicted molar refractivity (Wildman–Crippen MR) is 189 cm³/mol. The molecule has 0 saturated heterocycles. The second-order valence-electron chi connectivity index (χ2n) is 17.0. The number of rotatable bonds is 3. The zero-order chi connectivity index (χ0) is 31.2. The van der Waals surface area contributed by atoms with Gasteiger partial charge in [0, 0.05) is 21.2 Å². The molecule has 0 unspecified atom stereocenters. The molecule has 1 aromatic heterocycles. The molecule has 0 atom stereocenters. The SMILES string of the molecule is Cc1cc(CC(C)(C)C)c2cc3c4c([n+](C)ccc4c2c1)-c1c(c(CC(C)(C)C)c2ccc(CC(C)(C)C)cc2c1C)S3. The number of pyridine rings is 1. The minimum atomic E-state index is 0.176. The quantitative estimate of drug-likeness (QED) is 0.147. The lowest BCUT2D eigenvalue weighted by Crippen LogP contribution is -2.32. The molecule has 0 fully saturated rings.